The van der Waals surface area contributed by atoms with Crippen molar-refractivity contribution >= 4 is 56.2 Å². The Morgan fingerprint density at radius 2 is 1.88 bits per heavy atom. The third-order valence-electron chi connectivity index (χ3n) is 5.31. The SMILES string of the molecule is Cc1ccc(NC(=O)Cc2nc(CSc3nc4sc(C)c(C)c4c(=O)n3C(C)C)cs2)cc1. The molecule has 0 aliphatic carbocycles. The van der Waals surface area contributed by atoms with E-state index in [1.807, 2.05) is 64.3 Å². The Morgan fingerprint density at radius 1 is 1.15 bits per heavy atom. The number of carbonyl (C=O) groups excluding carboxylic acids is 1. The summed E-state index contributed by atoms with van der Waals surface area (Å²) in [6, 6.07) is 7.73. The van der Waals surface area contributed by atoms with Crippen LogP contribution in [0.2, 0.25) is 0 Å². The molecule has 33 heavy (non-hydrogen) atoms. The first-order chi connectivity index (χ1) is 15.7. The fraction of sp³-hybridized carbons (Fsp3) is 0.333. The highest BCUT2D eigenvalue weighted by atomic mass is 32.2. The summed E-state index contributed by atoms with van der Waals surface area (Å²) in [5.41, 5.74) is 3.85. The van der Waals surface area contributed by atoms with E-state index < -0.39 is 0 Å². The molecular formula is C24H26N4O2S3. The molecule has 4 aromatic rings. The van der Waals surface area contributed by atoms with Crippen LogP contribution in [0.25, 0.3) is 10.2 Å². The quantitative estimate of drug-likeness (QED) is 0.254. The van der Waals surface area contributed by atoms with Crippen molar-refractivity contribution in [2.75, 3.05) is 5.32 Å². The number of hydrogen-bond acceptors (Lipinski definition) is 7. The van der Waals surface area contributed by atoms with Crippen LogP contribution in [0.4, 0.5) is 5.69 Å². The van der Waals surface area contributed by atoms with E-state index in [1.54, 1.807) is 15.9 Å². The van der Waals surface area contributed by atoms with Crippen LogP contribution < -0.4 is 10.9 Å². The highest BCUT2D eigenvalue weighted by Crippen LogP contribution is 2.30. The van der Waals surface area contributed by atoms with Crippen LogP contribution in [0, 0.1) is 20.8 Å². The number of fused-ring (bicyclic) bond motifs is 1. The number of amides is 1. The van der Waals surface area contributed by atoms with Gasteiger partial charge in [0.15, 0.2) is 5.16 Å². The van der Waals surface area contributed by atoms with Crippen molar-refractivity contribution in [2.45, 2.75) is 58.0 Å². The maximum atomic E-state index is 13.2. The lowest BCUT2D eigenvalue weighted by atomic mass is 10.2. The zero-order chi connectivity index (χ0) is 23.7. The first kappa shape index (κ1) is 23.7. The Kier molecular flexibility index (Phi) is 7.02. The van der Waals surface area contributed by atoms with Crippen molar-refractivity contribution in [3.63, 3.8) is 0 Å². The molecule has 0 unspecified atom stereocenters. The van der Waals surface area contributed by atoms with E-state index in [0.717, 1.165) is 42.6 Å². The smallest absolute Gasteiger partial charge is 0.263 e. The Morgan fingerprint density at radius 3 is 2.58 bits per heavy atom. The van der Waals surface area contributed by atoms with Gasteiger partial charge < -0.3 is 5.32 Å². The van der Waals surface area contributed by atoms with Crippen molar-refractivity contribution in [1.82, 2.24) is 14.5 Å². The highest BCUT2D eigenvalue weighted by Gasteiger charge is 2.19. The number of aryl methyl sites for hydroxylation is 3. The zero-order valence-electron chi connectivity index (χ0n) is 19.3. The summed E-state index contributed by atoms with van der Waals surface area (Å²) in [4.78, 5) is 36.9. The largest absolute Gasteiger partial charge is 0.326 e. The van der Waals surface area contributed by atoms with Crippen molar-refractivity contribution < 1.29 is 4.79 Å². The van der Waals surface area contributed by atoms with Crippen molar-refractivity contribution in [1.29, 1.82) is 0 Å². The molecule has 1 amide bonds. The number of hydrogen-bond donors (Lipinski definition) is 1. The van der Waals surface area contributed by atoms with E-state index in [2.05, 4.69) is 10.3 Å². The molecule has 0 aliphatic rings. The molecule has 0 aliphatic heterocycles. The van der Waals surface area contributed by atoms with Crippen LogP contribution in [-0.4, -0.2) is 20.4 Å². The number of benzene rings is 1. The maximum absolute atomic E-state index is 13.2. The first-order valence-electron chi connectivity index (χ1n) is 10.7. The summed E-state index contributed by atoms with van der Waals surface area (Å²) in [7, 11) is 0. The molecule has 3 heterocycles. The molecule has 1 aromatic carbocycles. The van der Waals surface area contributed by atoms with E-state index >= 15 is 0 Å². The molecule has 6 nitrogen and oxygen atoms in total. The molecule has 0 bridgehead atoms. The van der Waals surface area contributed by atoms with Crippen LogP contribution in [0.3, 0.4) is 0 Å². The van der Waals surface area contributed by atoms with Crippen LogP contribution in [0.5, 0.6) is 0 Å². The zero-order valence-corrected chi connectivity index (χ0v) is 21.7. The van der Waals surface area contributed by atoms with Gasteiger partial charge in [0.25, 0.3) is 5.56 Å². The molecule has 1 N–H and O–H groups in total. The molecular weight excluding hydrogens is 472 g/mol. The summed E-state index contributed by atoms with van der Waals surface area (Å²) < 4.78 is 1.77. The third kappa shape index (κ3) is 5.20. The van der Waals surface area contributed by atoms with Gasteiger partial charge in [0, 0.05) is 27.7 Å². The second kappa shape index (κ2) is 9.79. The van der Waals surface area contributed by atoms with Crippen LogP contribution in [0.15, 0.2) is 39.6 Å². The summed E-state index contributed by atoms with van der Waals surface area (Å²) >= 11 is 4.55. The maximum Gasteiger partial charge on any atom is 0.263 e. The molecule has 0 spiro atoms. The van der Waals surface area contributed by atoms with Gasteiger partial charge in [-0.05, 0) is 52.3 Å². The summed E-state index contributed by atoms with van der Waals surface area (Å²) in [6.07, 6.45) is 0.234. The molecule has 0 atom stereocenters. The number of thiazole rings is 1. The lowest BCUT2D eigenvalue weighted by molar-refractivity contribution is -0.115. The topological polar surface area (TPSA) is 76.9 Å². The van der Waals surface area contributed by atoms with Gasteiger partial charge in [-0.1, -0.05) is 29.5 Å². The monoisotopic (exact) mass is 498 g/mol. The Labute approximate surface area is 205 Å². The minimum Gasteiger partial charge on any atom is -0.326 e. The highest BCUT2D eigenvalue weighted by molar-refractivity contribution is 7.98. The number of anilines is 1. The van der Waals surface area contributed by atoms with Gasteiger partial charge in [0.1, 0.15) is 9.84 Å². The standard InChI is InChI=1S/C24H26N4O2S3/c1-13(2)28-23(30)21-15(4)16(5)33-22(21)27-24(28)32-12-18-11-31-20(26-18)10-19(29)25-17-8-6-14(3)7-9-17/h6-9,11,13H,10,12H2,1-5H3,(H,25,29). The first-order valence-corrected chi connectivity index (χ1v) is 13.4. The number of thioether (sulfide) groups is 1. The van der Waals surface area contributed by atoms with Gasteiger partial charge >= 0.3 is 0 Å². The lowest BCUT2D eigenvalue weighted by Gasteiger charge is -2.15. The van der Waals surface area contributed by atoms with Gasteiger partial charge in [-0.15, -0.1) is 22.7 Å². The van der Waals surface area contributed by atoms with Crippen molar-refractivity contribution in [2.24, 2.45) is 0 Å². The predicted octanol–water partition coefficient (Wildman–Crippen LogP) is 5.89. The average Bonchev–Trinajstić information content (AvgIpc) is 3.31. The van der Waals surface area contributed by atoms with Gasteiger partial charge in [0.05, 0.1) is 17.5 Å². The van der Waals surface area contributed by atoms with E-state index in [9.17, 15) is 9.59 Å². The van der Waals surface area contributed by atoms with Gasteiger partial charge in [-0.25, -0.2) is 9.97 Å². The molecule has 0 saturated carbocycles. The van der Waals surface area contributed by atoms with Crippen LogP contribution in [0.1, 0.15) is 46.6 Å². The fourth-order valence-electron chi connectivity index (χ4n) is 3.46. The molecule has 0 radical (unpaired) electrons. The fourth-order valence-corrected chi connectivity index (χ4v) is 6.45. The second-order valence-electron chi connectivity index (χ2n) is 8.24. The number of aromatic nitrogens is 3. The summed E-state index contributed by atoms with van der Waals surface area (Å²) in [5.74, 6) is 0.501. The second-order valence-corrected chi connectivity index (χ2v) is 11.3. The Balaban J connectivity index is 1.47. The molecule has 172 valence electrons. The van der Waals surface area contributed by atoms with Gasteiger partial charge in [0.2, 0.25) is 5.91 Å². The average molecular weight is 499 g/mol. The number of rotatable bonds is 7. The van der Waals surface area contributed by atoms with Crippen molar-refractivity contribution in [3.05, 3.63) is 66.7 Å². The number of nitrogens with zero attached hydrogens (tertiary/aromatic N) is 3. The molecule has 9 heteroatoms. The molecule has 0 saturated heterocycles. The Bertz CT molecular complexity index is 1370. The lowest BCUT2D eigenvalue weighted by Crippen LogP contribution is -2.24. The van der Waals surface area contributed by atoms with Gasteiger partial charge in [-0.2, -0.15) is 0 Å². The normalized spacial score (nSPS) is 11.5. The minimum absolute atomic E-state index is 0.00738. The number of carbonyl (C=O) groups is 1. The van der Waals surface area contributed by atoms with E-state index in [1.165, 1.54) is 23.1 Å². The van der Waals surface area contributed by atoms with Crippen molar-refractivity contribution in [3.8, 4) is 0 Å². The molecule has 3 aromatic heterocycles. The Hall–Kier alpha value is -2.49. The number of nitrogens with one attached hydrogen (secondary N) is 1. The van der Waals surface area contributed by atoms with E-state index in [0.29, 0.717) is 10.9 Å². The van der Waals surface area contributed by atoms with Crippen LogP contribution >= 0.6 is 34.4 Å². The van der Waals surface area contributed by atoms with E-state index in [4.69, 9.17) is 4.98 Å². The predicted molar refractivity (Wildman–Crippen MR) is 139 cm³/mol. The summed E-state index contributed by atoms with van der Waals surface area (Å²) in [5, 5.41) is 7.08. The van der Waals surface area contributed by atoms with E-state index in [-0.39, 0.29) is 23.9 Å². The molecule has 4 rings (SSSR count). The van der Waals surface area contributed by atoms with Crippen LogP contribution in [-0.2, 0) is 17.0 Å². The minimum atomic E-state index is -0.0865. The van der Waals surface area contributed by atoms with Gasteiger partial charge in [-0.3, -0.25) is 14.2 Å². The third-order valence-corrected chi connectivity index (χ3v) is 8.30. The summed E-state index contributed by atoms with van der Waals surface area (Å²) in [6.45, 7) is 10.0. The molecule has 0 fully saturated rings. The number of thiophene rings is 1.